The molecule has 1 saturated heterocycles. The monoisotopic (exact) mass is 387 g/mol. The fourth-order valence-corrected chi connectivity index (χ4v) is 5.02. The second kappa shape index (κ2) is 6.41. The summed E-state index contributed by atoms with van der Waals surface area (Å²) in [5.74, 6) is -0.256. The van der Waals surface area contributed by atoms with Gasteiger partial charge < -0.3 is 4.74 Å². The van der Waals surface area contributed by atoms with Gasteiger partial charge in [-0.3, -0.25) is 14.5 Å². The number of nitrogens with zero attached hydrogens (tertiary/aromatic N) is 1. The zero-order valence-electron chi connectivity index (χ0n) is 16.3. The number of para-hydroxylation sites is 1. The molecule has 0 aromatic heterocycles. The van der Waals surface area contributed by atoms with Gasteiger partial charge in [0.1, 0.15) is 5.75 Å². The lowest BCUT2D eigenvalue weighted by Gasteiger charge is -2.17. The minimum atomic E-state index is -0.466. The number of fused-ring (bicyclic) bond motifs is 5. The van der Waals surface area contributed by atoms with E-state index in [2.05, 4.69) is 12.2 Å². The molecule has 1 saturated carbocycles. The summed E-state index contributed by atoms with van der Waals surface area (Å²) in [7, 11) is 0. The van der Waals surface area contributed by atoms with Gasteiger partial charge in [0.05, 0.1) is 23.1 Å². The van der Waals surface area contributed by atoms with Crippen molar-refractivity contribution in [2.75, 3.05) is 4.90 Å². The summed E-state index contributed by atoms with van der Waals surface area (Å²) in [5, 5.41) is 0. The first-order chi connectivity index (χ1) is 14.0. The largest absolute Gasteiger partial charge is 0.422 e. The van der Waals surface area contributed by atoms with Crippen molar-refractivity contribution >= 4 is 23.5 Å². The lowest BCUT2D eigenvalue weighted by atomic mass is 9.85. The lowest BCUT2D eigenvalue weighted by molar-refractivity contribution is -0.123. The minimum Gasteiger partial charge on any atom is -0.422 e. The molecule has 29 heavy (non-hydrogen) atoms. The number of rotatable bonds is 3. The quantitative estimate of drug-likeness (QED) is 0.347. The molecular formula is C24H21NO4. The first-order valence-electron chi connectivity index (χ1n) is 9.90. The van der Waals surface area contributed by atoms with E-state index in [4.69, 9.17) is 4.74 Å². The molecule has 5 nitrogen and oxygen atoms in total. The third-order valence-corrected chi connectivity index (χ3v) is 6.44. The van der Waals surface area contributed by atoms with Gasteiger partial charge in [0.25, 0.3) is 0 Å². The van der Waals surface area contributed by atoms with Gasteiger partial charge in [0, 0.05) is 0 Å². The summed E-state index contributed by atoms with van der Waals surface area (Å²) in [5.41, 5.74) is 2.66. The van der Waals surface area contributed by atoms with E-state index in [9.17, 15) is 14.4 Å². The number of aryl methyl sites for hydroxylation is 2. The molecule has 4 atom stereocenters. The molecule has 2 amide bonds. The van der Waals surface area contributed by atoms with Crippen molar-refractivity contribution in [3.63, 3.8) is 0 Å². The predicted molar refractivity (Wildman–Crippen MR) is 108 cm³/mol. The number of hydrogen-bond acceptors (Lipinski definition) is 4. The number of imide groups is 1. The smallest absolute Gasteiger partial charge is 0.343 e. The van der Waals surface area contributed by atoms with Gasteiger partial charge in [-0.05, 0) is 67.5 Å². The molecule has 0 radical (unpaired) electrons. The maximum Gasteiger partial charge on any atom is 0.343 e. The van der Waals surface area contributed by atoms with Gasteiger partial charge >= 0.3 is 5.97 Å². The Morgan fingerprint density at radius 1 is 0.897 bits per heavy atom. The van der Waals surface area contributed by atoms with Gasteiger partial charge in [0.15, 0.2) is 0 Å². The van der Waals surface area contributed by atoms with Crippen molar-refractivity contribution in [2.45, 2.75) is 20.3 Å². The number of esters is 1. The number of anilines is 1. The van der Waals surface area contributed by atoms with Gasteiger partial charge in [-0.15, -0.1) is 0 Å². The SMILES string of the molecule is Cc1cccc(C)c1OC(=O)c1ccc(N2C(=O)[C@@H]3[C@@H](C2=O)[C@H]2C=C[C@H]3C2)cc1. The number of amides is 2. The molecule has 0 spiro atoms. The predicted octanol–water partition coefficient (Wildman–Crippen LogP) is 3.83. The highest BCUT2D eigenvalue weighted by Crippen LogP contribution is 2.53. The van der Waals surface area contributed by atoms with Crippen molar-refractivity contribution in [3.8, 4) is 5.75 Å². The number of benzene rings is 2. The fraction of sp³-hybridized carbons (Fsp3) is 0.292. The molecule has 2 aromatic carbocycles. The van der Waals surface area contributed by atoms with Gasteiger partial charge in [-0.2, -0.15) is 0 Å². The highest BCUT2D eigenvalue weighted by atomic mass is 16.5. The van der Waals surface area contributed by atoms with Crippen LogP contribution >= 0.6 is 0 Å². The normalized spacial score (nSPS) is 26.9. The Kier molecular flexibility index (Phi) is 3.95. The third-order valence-electron chi connectivity index (χ3n) is 6.44. The molecule has 2 aromatic rings. The van der Waals surface area contributed by atoms with Crippen LogP contribution in [0.5, 0.6) is 5.75 Å². The molecule has 1 aliphatic heterocycles. The van der Waals surface area contributed by atoms with Crippen molar-refractivity contribution in [2.24, 2.45) is 23.7 Å². The van der Waals surface area contributed by atoms with E-state index in [0.29, 0.717) is 17.0 Å². The molecule has 146 valence electrons. The van der Waals surface area contributed by atoms with Gasteiger partial charge in [-0.25, -0.2) is 4.79 Å². The van der Waals surface area contributed by atoms with Crippen LogP contribution in [0.15, 0.2) is 54.6 Å². The van der Waals surface area contributed by atoms with E-state index < -0.39 is 5.97 Å². The summed E-state index contributed by atoms with van der Waals surface area (Å²) < 4.78 is 5.57. The summed E-state index contributed by atoms with van der Waals surface area (Å²) in [4.78, 5) is 39.7. The maximum atomic E-state index is 12.9. The molecule has 2 aliphatic carbocycles. The minimum absolute atomic E-state index is 0.122. The standard InChI is InChI=1S/C24H21NO4/c1-13-4-3-5-14(2)21(13)29-24(28)15-8-10-18(11-9-15)25-22(26)19-16-6-7-17(12-16)20(19)23(25)27/h3-11,16-17,19-20H,12H2,1-2H3/t16-,17-,19-,20-/m0/s1. The van der Waals surface area contributed by atoms with Crippen LogP contribution in [0.4, 0.5) is 5.69 Å². The second-order valence-electron chi connectivity index (χ2n) is 8.17. The lowest BCUT2D eigenvalue weighted by Crippen LogP contribution is -2.32. The number of hydrogen-bond donors (Lipinski definition) is 0. The van der Waals surface area contributed by atoms with E-state index in [1.165, 1.54) is 4.90 Å². The average molecular weight is 387 g/mol. The van der Waals surface area contributed by atoms with Crippen LogP contribution in [0, 0.1) is 37.5 Å². The Balaban J connectivity index is 1.36. The Bertz CT molecular complexity index is 1020. The first kappa shape index (κ1) is 17.9. The van der Waals surface area contributed by atoms with Crippen LogP contribution in [0.1, 0.15) is 27.9 Å². The Hall–Kier alpha value is -3.21. The average Bonchev–Trinajstić information content (AvgIpc) is 3.39. The number of allylic oxidation sites excluding steroid dienone is 2. The molecule has 0 N–H and O–H groups in total. The Morgan fingerprint density at radius 3 is 2.00 bits per heavy atom. The third kappa shape index (κ3) is 2.64. The molecule has 5 heteroatoms. The maximum absolute atomic E-state index is 12.9. The van der Waals surface area contributed by atoms with Crippen LogP contribution in [-0.2, 0) is 9.59 Å². The summed E-state index contributed by atoms with van der Waals surface area (Å²) in [6, 6.07) is 12.2. The fourth-order valence-electron chi connectivity index (χ4n) is 5.02. The van der Waals surface area contributed by atoms with Gasteiger partial charge in [0.2, 0.25) is 11.8 Å². The van der Waals surface area contributed by atoms with E-state index in [-0.39, 0.29) is 35.5 Å². The second-order valence-corrected chi connectivity index (χ2v) is 8.17. The van der Waals surface area contributed by atoms with Crippen molar-refractivity contribution < 1.29 is 19.1 Å². The molecule has 5 rings (SSSR count). The summed E-state index contributed by atoms with van der Waals surface area (Å²) in [6.45, 7) is 3.78. The summed E-state index contributed by atoms with van der Waals surface area (Å²) in [6.07, 6.45) is 5.06. The van der Waals surface area contributed by atoms with Crippen molar-refractivity contribution in [1.29, 1.82) is 0 Å². The number of carbonyl (C=O) groups excluding carboxylic acids is 3. The topological polar surface area (TPSA) is 63.7 Å². The van der Waals surface area contributed by atoms with E-state index >= 15 is 0 Å². The molecular weight excluding hydrogens is 366 g/mol. The van der Waals surface area contributed by atoms with E-state index in [0.717, 1.165) is 17.5 Å². The molecule has 2 fully saturated rings. The molecule has 2 bridgehead atoms. The van der Waals surface area contributed by atoms with Crippen LogP contribution < -0.4 is 9.64 Å². The summed E-state index contributed by atoms with van der Waals surface area (Å²) >= 11 is 0. The highest BCUT2D eigenvalue weighted by Gasteiger charge is 2.59. The van der Waals surface area contributed by atoms with Crippen molar-refractivity contribution in [3.05, 3.63) is 71.3 Å². The van der Waals surface area contributed by atoms with Gasteiger partial charge in [-0.1, -0.05) is 30.4 Å². The zero-order chi connectivity index (χ0) is 20.3. The van der Waals surface area contributed by atoms with Crippen molar-refractivity contribution in [1.82, 2.24) is 0 Å². The van der Waals surface area contributed by atoms with E-state index in [1.807, 2.05) is 32.0 Å². The van der Waals surface area contributed by atoms with E-state index in [1.54, 1.807) is 24.3 Å². The number of ether oxygens (including phenoxy) is 1. The van der Waals surface area contributed by atoms with Crippen LogP contribution in [0.2, 0.25) is 0 Å². The first-order valence-corrected chi connectivity index (χ1v) is 9.90. The van der Waals surface area contributed by atoms with Crippen LogP contribution in [0.3, 0.4) is 0 Å². The molecule has 3 aliphatic rings. The Labute approximate surface area is 169 Å². The highest BCUT2D eigenvalue weighted by molar-refractivity contribution is 6.22. The van der Waals surface area contributed by atoms with Crippen LogP contribution in [-0.4, -0.2) is 17.8 Å². The molecule has 0 unspecified atom stereocenters. The zero-order valence-corrected chi connectivity index (χ0v) is 16.3. The number of carbonyl (C=O) groups is 3. The molecule has 1 heterocycles. The Morgan fingerprint density at radius 2 is 1.45 bits per heavy atom. The van der Waals surface area contributed by atoms with Crippen LogP contribution in [0.25, 0.3) is 0 Å².